The number of rotatable bonds is 6. The van der Waals surface area contributed by atoms with E-state index in [1.807, 2.05) is 0 Å². The van der Waals surface area contributed by atoms with Crippen molar-refractivity contribution in [1.82, 2.24) is 0 Å². The number of carbonyl (C=O) groups excluding carboxylic acids is 1. The zero-order valence-electron chi connectivity index (χ0n) is 13.4. The highest BCUT2D eigenvalue weighted by atomic mass is 16.5. The van der Waals surface area contributed by atoms with E-state index in [9.17, 15) is 9.90 Å². The maximum absolute atomic E-state index is 11.3. The first kappa shape index (κ1) is 17.2. The van der Waals surface area contributed by atoms with Crippen molar-refractivity contribution in [2.24, 2.45) is 5.10 Å². The molecular formula is C18H19N3O3. The van der Waals surface area contributed by atoms with Gasteiger partial charge in [-0.1, -0.05) is 24.8 Å². The van der Waals surface area contributed by atoms with Crippen molar-refractivity contribution in [3.8, 4) is 5.75 Å². The molecule has 0 aliphatic heterocycles. The minimum Gasteiger partial charge on any atom is -0.506 e. The van der Waals surface area contributed by atoms with Crippen molar-refractivity contribution in [1.29, 1.82) is 5.41 Å². The maximum Gasteiger partial charge on any atom is 0.333 e. The van der Waals surface area contributed by atoms with Crippen LogP contribution in [0.2, 0.25) is 0 Å². The molecule has 3 N–H and O–H groups in total. The minimum atomic E-state index is -0.422. The second-order valence-corrected chi connectivity index (χ2v) is 5.26. The average molecular weight is 325 g/mol. The Kier molecular flexibility index (Phi) is 5.68. The molecule has 124 valence electrons. The highest BCUT2D eigenvalue weighted by Gasteiger charge is 2.07. The lowest BCUT2D eigenvalue weighted by Gasteiger charge is -2.09. The fraction of sp³-hybridized carbons (Fsp3) is 0.167. The monoisotopic (exact) mass is 325 g/mol. The molecule has 0 unspecified atom stereocenters. The Balaban J connectivity index is 2.01. The molecule has 0 spiro atoms. The molecule has 0 atom stereocenters. The molecule has 0 saturated heterocycles. The zero-order valence-corrected chi connectivity index (χ0v) is 13.4. The molecule has 0 fully saturated rings. The number of phenolic OH excluding ortho intramolecular Hbond substituents is 1. The van der Waals surface area contributed by atoms with Crippen molar-refractivity contribution in [2.75, 3.05) is 12.0 Å². The summed E-state index contributed by atoms with van der Waals surface area (Å²) < 4.78 is 5.05. The summed E-state index contributed by atoms with van der Waals surface area (Å²) in [6.45, 7) is 5.34. The number of phenols is 1. The summed E-state index contributed by atoms with van der Waals surface area (Å²) >= 11 is 0. The van der Waals surface area contributed by atoms with Crippen LogP contribution in [-0.2, 0) is 16.0 Å². The Bertz CT molecular complexity index is 761. The second kappa shape index (κ2) is 7.92. The van der Waals surface area contributed by atoms with Gasteiger partial charge in [0.15, 0.2) is 0 Å². The van der Waals surface area contributed by atoms with Gasteiger partial charge in [0.2, 0.25) is 0 Å². The van der Waals surface area contributed by atoms with Gasteiger partial charge in [0.1, 0.15) is 11.5 Å². The molecule has 1 aromatic rings. The van der Waals surface area contributed by atoms with Gasteiger partial charge in [-0.25, -0.2) is 4.79 Å². The molecule has 2 rings (SSSR count). The van der Waals surface area contributed by atoms with Crippen LogP contribution < -0.4 is 5.43 Å². The number of nitrogens with one attached hydrogen (secondary N) is 2. The third kappa shape index (κ3) is 4.67. The van der Waals surface area contributed by atoms with Crippen LogP contribution >= 0.6 is 0 Å². The lowest BCUT2D eigenvalue weighted by atomic mass is 10.1. The Morgan fingerprint density at radius 1 is 1.38 bits per heavy atom. The summed E-state index contributed by atoms with van der Waals surface area (Å²) in [5.41, 5.74) is 5.17. The molecule has 6 heteroatoms. The Labute approximate surface area is 140 Å². The molecule has 1 aliphatic carbocycles. The van der Waals surface area contributed by atoms with E-state index in [2.05, 4.69) is 17.1 Å². The summed E-state index contributed by atoms with van der Waals surface area (Å²) in [6, 6.07) is 5.01. The molecular weight excluding hydrogens is 306 g/mol. The predicted octanol–water partition coefficient (Wildman–Crippen LogP) is 2.97. The number of aromatic hydroxyl groups is 1. The molecule has 24 heavy (non-hydrogen) atoms. The average Bonchev–Trinajstić information content (AvgIpc) is 2.56. The van der Waals surface area contributed by atoms with Gasteiger partial charge in [-0.2, -0.15) is 5.10 Å². The van der Waals surface area contributed by atoms with E-state index in [4.69, 9.17) is 10.1 Å². The first-order chi connectivity index (χ1) is 11.5. The normalized spacial score (nSPS) is 14.7. The lowest BCUT2D eigenvalue weighted by Crippen LogP contribution is -2.12. The quantitative estimate of drug-likeness (QED) is 0.246. The van der Waals surface area contributed by atoms with Gasteiger partial charge in [0, 0.05) is 12.0 Å². The fourth-order valence-corrected chi connectivity index (χ4v) is 1.90. The number of benzene rings is 1. The molecule has 0 saturated carbocycles. The number of esters is 1. The summed E-state index contributed by atoms with van der Waals surface area (Å²) in [4.78, 5) is 11.3. The van der Waals surface area contributed by atoms with Gasteiger partial charge in [-0.05, 0) is 36.8 Å². The van der Waals surface area contributed by atoms with Gasteiger partial charge >= 0.3 is 5.97 Å². The van der Waals surface area contributed by atoms with Crippen molar-refractivity contribution >= 4 is 23.1 Å². The van der Waals surface area contributed by atoms with Gasteiger partial charge < -0.3 is 9.84 Å². The summed E-state index contributed by atoms with van der Waals surface area (Å²) in [5, 5.41) is 21.8. The molecule has 0 bridgehead atoms. The van der Waals surface area contributed by atoms with E-state index in [0.717, 1.165) is 5.56 Å². The van der Waals surface area contributed by atoms with E-state index < -0.39 is 5.97 Å². The molecule has 0 amide bonds. The first-order valence-electron chi connectivity index (χ1n) is 7.39. The molecule has 0 aromatic heterocycles. The number of carbonyl (C=O) groups is 1. The van der Waals surface area contributed by atoms with Crippen LogP contribution in [0.3, 0.4) is 0 Å². The molecule has 0 heterocycles. The third-order valence-electron chi connectivity index (χ3n) is 3.23. The van der Waals surface area contributed by atoms with Crippen molar-refractivity contribution in [3.63, 3.8) is 0 Å². The fourth-order valence-electron chi connectivity index (χ4n) is 1.90. The van der Waals surface area contributed by atoms with Crippen LogP contribution in [0.1, 0.15) is 12.5 Å². The van der Waals surface area contributed by atoms with Crippen molar-refractivity contribution in [2.45, 2.75) is 13.3 Å². The first-order valence-corrected chi connectivity index (χ1v) is 7.39. The van der Waals surface area contributed by atoms with Gasteiger partial charge in [0.05, 0.1) is 18.0 Å². The molecule has 6 nitrogen and oxygen atoms in total. The minimum absolute atomic E-state index is 0.0453. The standard InChI is InChI=1S/C18H19N3O3/c1-12(2)18(23)24-10-9-13-7-8-17(22)16(11-13)21-20-15-6-4-3-5-14(15)19/h3-8,11,19,21-22H,1,9-10H2,2H3/b19-14?,20-15-. The van der Waals surface area contributed by atoms with Gasteiger partial charge in [-0.3, -0.25) is 10.8 Å². The number of hydrogen-bond donors (Lipinski definition) is 3. The third-order valence-corrected chi connectivity index (χ3v) is 3.23. The Hall–Kier alpha value is -3.15. The van der Waals surface area contributed by atoms with Crippen molar-refractivity contribution in [3.05, 3.63) is 60.2 Å². The maximum atomic E-state index is 11.3. The molecule has 1 aliphatic rings. The van der Waals surface area contributed by atoms with E-state index in [1.165, 1.54) is 0 Å². The summed E-state index contributed by atoms with van der Waals surface area (Å²) in [5.74, 6) is -0.377. The van der Waals surface area contributed by atoms with Gasteiger partial charge in [0.25, 0.3) is 0 Å². The van der Waals surface area contributed by atoms with Crippen LogP contribution in [-0.4, -0.2) is 29.1 Å². The number of allylic oxidation sites excluding steroid dienone is 4. The van der Waals surface area contributed by atoms with Crippen molar-refractivity contribution < 1.29 is 14.6 Å². The largest absolute Gasteiger partial charge is 0.506 e. The zero-order chi connectivity index (χ0) is 17.5. The number of ether oxygens (including phenoxy) is 1. The second-order valence-electron chi connectivity index (χ2n) is 5.26. The van der Waals surface area contributed by atoms with Crippen LogP contribution in [0.25, 0.3) is 0 Å². The van der Waals surface area contributed by atoms with Gasteiger partial charge in [-0.15, -0.1) is 0 Å². The highest BCUT2D eigenvalue weighted by molar-refractivity contribution is 6.50. The van der Waals surface area contributed by atoms with E-state index in [1.54, 1.807) is 49.4 Å². The van der Waals surface area contributed by atoms with Crippen LogP contribution in [0.15, 0.2) is 59.8 Å². The Morgan fingerprint density at radius 3 is 2.83 bits per heavy atom. The Morgan fingerprint density at radius 2 is 2.12 bits per heavy atom. The smallest absolute Gasteiger partial charge is 0.333 e. The van der Waals surface area contributed by atoms with E-state index >= 15 is 0 Å². The number of hydrazone groups is 1. The molecule has 1 aromatic carbocycles. The number of nitrogens with zero attached hydrogens (tertiary/aromatic N) is 1. The SMILES string of the molecule is C=C(C)C(=O)OCCc1ccc(O)c(N/N=C2/C=CC=CC2=N)c1. The topological polar surface area (TPSA) is 94.8 Å². The van der Waals surface area contributed by atoms with Crippen LogP contribution in [0.4, 0.5) is 5.69 Å². The van der Waals surface area contributed by atoms with E-state index in [0.29, 0.717) is 23.4 Å². The lowest BCUT2D eigenvalue weighted by molar-refractivity contribution is -0.138. The highest BCUT2D eigenvalue weighted by Crippen LogP contribution is 2.24. The van der Waals surface area contributed by atoms with Crippen LogP contribution in [0.5, 0.6) is 5.75 Å². The van der Waals surface area contributed by atoms with E-state index in [-0.39, 0.29) is 18.1 Å². The number of anilines is 1. The predicted molar refractivity (Wildman–Crippen MR) is 94.6 cm³/mol. The number of hydrogen-bond acceptors (Lipinski definition) is 6. The molecule has 0 radical (unpaired) electrons. The summed E-state index contributed by atoms with van der Waals surface area (Å²) in [7, 11) is 0. The van der Waals surface area contributed by atoms with Crippen LogP contribution in [0, 0.1) is 5.41 Å². The summed E-state index contributed by atoms with van der Waals surface area (Å²) in [6.07, 6.45) is 7.37.